The molecule has 1 saturated carbocycles. The Morgan fingerprint density at radius 2 is 2.22 bits per heavy atom. The first-order chi connectivity index (χ1) is 4.31. The van der Waals surface area contributed by atoms with Crippen LogP contribution >= 0.6 is 0 Å². The third-order valence-electron chi connectivity index (χ3n) is 2.77. The minimum absolute atomic E-state index is 0.666. The minimum atomic E-state index is 0.666. The summed E-state index contributed by atoms with van der Waals surface area (Å²) in [5, 5.41) is 0. The van der Waals surface area contributed by atoms with Gasteiger partial charge in [0.25, 0.3) is 0 Å². The lowest BCUT2D eigenvalue weighted by atomic mass is 9.84. The van der Waals surface area contributed by atoms with E-state index in [4.69, 9.17) is 4.74 Å². The van der Waals surface area contributed by atoms with Crippen molar-refractivity contribution in [3.05, 3.63) is 0 Å². The molecule has 2 rings (SSSR count). The molecule has 0 unspecified atom stereocenters. The zero-order valence-electron chi connectivity index (χ0n) is 6.02. The van der Waals surface area contributed by atoms with Crippen LogP contribution in [0.4, 0.5) is 0 Å². The van der Waals surface area contributed by atoms with E-state index < -0.39 is 0 Å². The van der Waals surface area contributed by atoms with Crippen molar-refractivity contribution < 1.29 is 4.74 Å². The van der Waals surface area contributed by atoms with E-state index in [1.54, 1.807) is 0 Å². The van der Waals surface area contributed by atoms with Crippen molar-refractivity contribution in [2.45, 2.75) is 26.2 Å². The first-order valence-corrected chi connectivity index (χ1v) is 3.89. The highest BCUT2D eigenvalue weighted by Crippen LogP contribution is 2.46. The van der Waals surface area contributed by atoms with Crippen molar-refractivity contribution in [3.8, 4) is 0 Å². The molecule has 0 aromatic rings. The average Bonchev–Trinajstić information content (AvgIpc) is 2.09. The van der Waals surface area contributed by atoms with Gasteiger partial charge in [-0.2, -0.15) is 0 Å². The minimum Gasteiger partial charge on any atom is -0.380 e. The molecule has 0 radical (unpaired) electrons. The molecular weight excluding hydrogens is 112 g/mol. The summed E-state index contributed by atoms with van der Waals surface area (Å²) in [6.45, 7) is 4.46. The SMILES string of the molecule is C[C@@H]1CCC2(COC2)C1. The van der Waals surface area contributed by atoms with E-state index in [2.05, 4.69) is 6.92 Å². The first-order valence-electron chi connectivity index (χ1n) is 3.89. The number of hydrogen-bond donors (Lipinski definition) is 0. The molecule has 1 atom stereocenters. The summed E-state index contributed by atoms with van der Waals surface area (Å²) >= 11 is 0. The topological polar surface area (TPSA) is 9.23 Å². The molecule has 52 valence electrons. The fourth-order valence-corrected chi connectivity index (χ4v) is 2.15. The quantitative estimate of drug-likeness (QED) is 0.481. The third kappa shape index (κ3) is 0.787. The predicted octanol–water partition coefficient (Wildman–Crippen LogP) is 1.82. The monoisotopic (exact) mass is 126 g/mol. The predicted molar refractivity (Wildman–Crippen MR) is 36.3 cm³/mol. The van der Waals surface area contributed by atoms with E-state index >= 15 is 0 Å². The second kappa shape index (κ2) is 1.72. The van der Waals surface area contributed by atoms with Crippen molar-refractivity contribution in [1.29, 1.82) is 0 Å². The molecule has 9 heavy (non-hydrogen) atoms. The summed E-state index contributed by atoms with van der Waals surface area (Å²) in [4.78, 5) is 0. The Hall–Kier alpha value is -0.0400. The molecule has 0 amide bonds. The molecule has 0 aromatic heterocycles. The zero-order valence-corrected chi connectivity index (χ0v) is 6.02. The molecule has 2 fully saturated rings. The van der Waals surface area contributed by atoms with Gasteiger partial charge < -0.3 is 4.74 Å². The first kappa shape index (κ1) is 5.72. The molecule has 1 aliphatic heterocycles. The molecular formula is C8H14O. The van der Waals surface area contributed by atoms with Gasteiger partial charge in [-0.05, 0) is 25.2 Å². The molecule has 1 heterocycles. The van der Waals surface area contributed by atoms with Crippen LogP contribution in [-0.4, -0.2) is 13.2 Å². The van der Waals surface area contributed by atoms with Crippen LogP contribution in [0.15, 0.2) is 0 Å². The summed E-state index contributed by atoms with van der Waals surface area (Å²) in [7, 11) is 0. The number of ether oxygens (including phenoxy) is 1. The Morgan fingerprint density at radius 1 is 1.44 bits per heavy atom. The molecule has 0 N–H and O–H groups in total. The molecule has 0 bridgehead atoms. The van der Waals surface area contributed by atoms with Crippen LogP contribution in [0.2, 0.25) is 0 Å². The summed E-state index contributed by atoms with van der Waals surface area (Å²) in [6, 6.07) is 0. The van der Waals surface area contributed by atoms with Crippen molar-refractivity contribution in [2.24, 2.45) is 11.3 Å². The molecule has 1 spiro atoms. The highest BCUT2D eigenvalue weighted by molar-refractivity contribution is 4.92. The van der Waals surface area contributed by atoms with E-state index in [-0.39, 0.29) is 0 Å². The summed E-state index contributed by atoms with van der Waals surface area (Å²) in [5.41, 5.74) is 0.666. The molecule has 1 nitrogen and oxygen atoms in total. The van der Waals surface area contributed by atoms with E-state index in [0.29, 0.717) is 5.41 Å². The maximum absolute atomic E-state index is 5.21. The molecule has 1 aliphatic carbocycles. The largest absolute Gasteiger partial charge is 0.380 e. The average molecular weight is 126 g/mol. The number of hydrogen-bond acceptors (Lipinski definition) is 1. The Balaban J connectivity index is 1.99. The summed E-state index contributed by atoms with van der Waals surface area (Å²) in [5.74, 6) is 0.967. The highest BCUT2D eigenvalue weighted by atomic mass is 16.5. The lowest BCUT2D eigenvalue weighted by Crippen LogP contribution is -2.40. The zero-order chi connectivity index (χ0) is 6.32. The van der Waals surface area contributed by atoms with Gasteiger partial charge in [0.1, 0.15) is 0 Å². The van der Waals surface area contributed by atoms with Gasteiger partial charge in [0, 0.05) is 5.41 Å². The second-order valence-electron chi connectivity index (χ2n) is 3.84. The van der Waals surface area contributed by atoms with Crippen LogP contribution in [0.25, 0.3) is 0 Å². The fourth-order valence-electron chi connectivity index (χ4n) is 2.15. The van der Waals surface area contributed by atoms with Crippen LogP contribution in [0.5, 0.6) is 0 Å². The van der Waals surface area contributed by atoms with Crippen molar-refractivity contribution in [3.63, 3.8) is 0 Å². The Morgan fingerprint density at radius 3 is 2.44 bits per heavy atom. The van der Waals surface area contributed by atoms with Crippen LogP contribution in [0.3, 0.4) is 0 Å². The lowest BCUT2D eigenvalue weighted by molar-refractivity contribution is -0.110. The van der Waals surface area contributed by atoms with Crippen molar-refractivity contribution >= 4 is 0 Å². The Bertz CT molecular complexity index is 116. The third-order valence-corrected chi connectivity index (χ3v) is 2.77. The van der Waals surface area contributed by atoms with Crippen LogP contribution in [0, 0.1) is 11.3 Å². The van der Waals surface area contributed by atoms with Crippen molar-refractivity contribution in [2.75, 3.05) is 13.2 Å². The van der Waals surface area contributed by atoms with Gasteiger partial charge in [-0.15, -0.1) is 0 Å². The second-order valence-corrected chi connectivity index (χ2v) is 3.84. The van der Waals surface area contributed by atoms with Crippen molar-refractivity contribution in [1.82, 2.24) is 0 Å². The van der Waals surface area contributed by atoms with Crippen LogP contribution < -0.4 is 0 Å². The van der Waals surface area contributed by atoms with E-state index in [1.165, 1.54) is 19.3 Å². The van der Waals surface area contributed by atoms with Gasteiger partial charge >= 0.3 is 0 Å². The standard InChI is InChI=1S/C8H14O/c1-7-2-3-8(4-7)5-9-6-8/h7H,2-6H2,1H3/t7-/m1/s1. The van der Waals surface area contributed by atoms with Gasteiger partial charge in [-0.25, -0.2) is 0 Å². The molecule has 2 aliphatic rings. The lowest BCUT2D eigenvalue weighted by Gasteiger charge is -2.38. The van der Waals surface area contributed by atoms with E-state index in [0.717, 1.165) is 19.1 Å². The van der Waals surface area contributed by atoms with Gasteiger partial charge in [0.05, 0.1) is 13.2 Å². The highest BCUT2D eigenvalue weighted by Gasteiger charge is 2.43. The summed E-state index contributed by atoms with van der Waals surface area (Å²) in [6.07, 6.45) is 4.28. The molecule has 0 aromatic carbocycles. The molecule has 1 heteroatoms. The molecule has 1 saturated heterocycles. The normalized spacial score (nSPS) is 39.0. The van der Waals surface area contributed by atoms with Gasteiger partial charge in [0.15, 0.2) is 0 Å². The van der Waals surface area contributed by atoms with Crippen LogP contribution in [0.1, 0.15) is 26.2 Å². The van der Waals surface area contributed by atoms with E-state index in [9.17, 15) is 0 Å². The van der Waals surface area contributed by atoms with Gasteiger partial charge in [0.2, 0.25) is 0 Å². The Kier molecular flexibility index (Phi) is 1.10. The maximum atomic E-state index is 5.21. The Labute approximate surface area is 56.4 Å². The van der Waals surface area contributed by atoms with Gasteiger partial charge in [-0.1, -0.05) is 6.92 Å². The van der Waals surface area contributed by atoms with Gasteiger partial charge in [-0.3, -0.25) is 0 Å². The smallest absolute Gasteiger partial charge is 0.0544 e. The fraction of sp³-hybridized carbons (Fsp3) is 1.00. The summed E-state index contributed by atoms with van der Waals surface area (Å²) < 4.78 is 5.21. The van der Waals surface area contributed by atoms with Crippen LogP contribution in [-0.2, 0) is 4.74 Å². The number of rotatable bonds is 0. The van der Waals surface area contributed by atoms with E-state index in [1.807, 2.05) is 0 Å². The maximum Gasteiger partial charge on any atom is 0.0544 e.